The van der Waals surface area contributed by atoms with Gasteiger partial charge in [-0.25, -0.2) is 18.4 Å². The molecule has 1 atom stereocenters. The summed E-state index contributed by atoms with van der Waals surface area (Å²) >= 11 is 0. The molecule has 0 saturated carbocycles. The smallest absolute Gasteiger partial charge is 0.211 e. The molecule has 1 aliphatic heterocycles. The number of nitrogens with zero attached hydrogens (tertiary/aromatic N) is 3. The topological polar surface area (TPSA) is 84.4 Å². The van der Waals surface area contributed by atoms with Crippen LogP contribution in [0.3, 0.4) is 0 Å². The van der Waals surface area contributed by atoms with Crippen LogP contribution < -0.4 is 10.1 Å². The van der Waals surface area contributed by atoms with Crippen LogP contribution in [0, 0.1) is 6.92 Å². The van der Waals surface area contributed by atoms with Crippen LogP contribution >= 0.6 is 0 Å². The van der Waals surface area contributed by atoms with Crippen molar-refractivity contribution in [2.45, 2.75) is 19.4 Å². The molecule has 1 aromatic heterocycles. The first-order valence-corrected chi connectivity index (χ1v) is 9.45. The minimum absolute atomic E-state index is 0.210. The summed E-state index contributed by atoms with van der Waals surface area (Å²) in [5, 5.41) is 3.22. The third kappa shape index (κ3) is 3.49. The quantitative estimate of drug-likeness (QED) is 0.892. The number of hydrogen-bond acceptors (Lipinski definition) is 6. The first-order valence-electron chi connectivity index (χ1n) is 7.60. The molecule has 1 aliphatic rings. The average Bonchev–Trinajstić information content (AvgIpc) is 2.44. The van der Waals surface area contributed by atoms with E-state index >= 15 is 0 Å². The van der Waals surface area contributed by atoms with Gasteiger partial charge in [0, 0.05) is 18.3 Å². The van der Waals surface area contributed by atoms with Crippen molar-refractivity contribution >= 4 is 21.5 Å². The Bertz CT molecular complexity index is 837. The second-order valence-corrected chi connectivity index (χ2v) is 7.69. The first-order chi connectivity index (χ1) is 11.4. The fraction of sp³-hybridized carbons (Fsp3) is 0.375. The molecule has 0 bridgehead atoms. The summed E-state index contributed by atoms with van der Waals surface area (Å²) in [4.78, 5) is 8.79. The van der Waals surface area contributed by atoms with Gasteiger partial charge < -0.3 is 10.1 Å². The fourth-order valence-corrected chi connectivity index (χ4v) is 3.82. The highest BCUT2D eigenvalue weighted by molar-refractivity contribution is 7.88. The molecule has 0 radical (unpaired) electrons. The minimum atomic E-state index is -3.22. The third-order valence-electron chi connectivity index (χ3n) is 3.96. The van der Waals surface area contributed by atoms with Gasteiger partial charge >= 0.3 is 0 Å². The largest absolute Gasteiger partial charge is 0.497 e. The van der Waals surface area contributed by atoms with E-state index in [9.17, 15) is 8.42 Å². The molecule has 8 heteroatoms. The molecule has 7 nitrogen and oxygen atoms in total. The Hall–Kier alpha value is -2.19. The zero-order valence-electron chi connectivity index (χ0n) is 13.9. The lowest BCUT2D eigenvalue weighted by molar-refractivity contribution is 0.199. The lowest BCUT2D eigenvalue weighted by Crippen LogP contribution is -2.44. The monoisotopic (exact) mass is 348 g/mol. The van der Waals surface area contributed by atoms with Crippen LogP contribution in [0.2, 0.25) is 0 Å². The molecule has 1 unspecified atom stereocenters. The van der Waals surface area contributed by atoms with Crippen LogP contribution in [0.5, 0.6) is 5.75 Å². The van der Waals surface area contributed by atoms with E-state index in [2.05, 4.69) is 15.3 Å². The number of rotatable bonds is 5. The van der Waals surface area contributed by atoms with Crippen LogP contribution in [0.15, 0.2) is 30.3 Å². The van der Waals surface area contributed by atoms with Crippen LogP contribution in [0.25, 0.3) is 0 Å². The number of aryl methyl sites for hydroxylation is 1. The second-order valence-electron chi connectivity index (χ2n) is 5.76. The predicted molar refractivity (Wildman–Crippen MR) is 92.0 cm³/mol. The highest BCUT2D eigenvalue weighted by Crippen LogP contribution is 2.35. The molecule has 1 aromatic carbocycles. The van der Waals surface area contributed by atoms with E-state index in [-0.39, 0.29) is 6.04 Å². The SMILES string of the molecule is COc1ccc(Nc2cc(C3CCN3S(C)(=O)=O)nc(C)n2)cc1. The molecule has 1 N–H and O–H groups in total. The van der Waals surface area contributed by atoms with E-state index in [1.54, 1.807) is 20.1 Å². The van der Waals surface area contributed by atoms with Crippen molar-refractivity contribution in [3.63, 3.8) is 0 Å². The fourth-order valence-electron chi connectivity index (χ4n) is 2.70. The van der Waals surface area contributed by atoms with Crippen LogP contribution in [-0.4, -0.2) is 42.6 Å². The number of ether oxygens (including phenoxy) is 1. The maximum Gasteiger partial charge on any atom is 0.211 e. The van der Waals surface area contributed by atoms with Crippen molar-refractivity contribution < 1.29 is 13.2 Å². The summed E-state index contributed by atoms with van der Waals surface area (Å²) in [6, 6.07) is 9.09. The summed E-state index contributed by atoms with van der Waals surface area (Å²) in [6.07, 6.45) is 2.00. The van der Waals surface area contributed by atoms with Gasteiger partial charge in [0.15, 0.2) is 0 Å². The van der Waals surface area contributed by atoms with E-state index in [0.29, 0.717) is 18.2 Å². The maximum atomic E-state index is 11.8. The van der Waals surface area contributed by atoms with Gasteiger partial charge in [0.2, 0.25) is 10.0 Å². The summed E-state index contributed by atoms with van der Waals surface area (Å²) < 4.78 is 30.2. The Morgan fingerprint density at radius 3 is 2.50 bits per heavy atom. The molecule has 24 heavy (non-hydrogen) atoms. The van der Waals surface area contributed by atoms with Gasteiger partial charge in [-0.1, -0.05) is 0 Å². The Morgan fingerprint density at radius 2 is 1.96 bits per heavy atom. The van der Waals surface area contributed by atoms with E-state index in [1.165, 1.54) is 10.6 Å². The number of nitrogens with one attached hydrogen (secondary N) is 1. The van der Waals surface area contributed by atoms with Crippen molar-refractivity contribution in [3.05, 3.63) is 41.9 Å². The Morgan fingerprint density at radius 1 is 1.25 bits per heavy atom. The molecule has 0 aliphatic carbocycles. The van der Waals surface area contributed by atoms with Crippen LogP contribution in [-0.2, 0) is 10.0 Å². The van der Waals surface area contributed by atoms with E-state index in [4.69, 9.17) is 4.74 Å². The van der Waals surface area contributed by atoms with Gasteiger partial charge in [-0.2, -0.15) is 4.31 Å². The second kappa shape index (κ2) is 6.37. The molecule has 1 saturated heterocycles. The highest BCUT2D eigenvalue weighted by Gasteiger charge is 2.37. The Labute approximate surface area is 141 Å². The van der Waals surface area contributed by atoms with Crippen molar-refractivity contribution in [1.82, 2.24) is 14.3 Å². The van der Waals surface area contributed by atoms with Crippen molar-refractivity contribution in [1.29, 1.82) is 0 Å². The van der Waals surface area contributed by atoms with Gasteiger partial charge in [-0.15, -0.1) is 0 Å². The van der Waals surface area contributed by atoms with Crippen molar-refractivity contribution in [2.24, 2.45) is 0 Å². The number of anilines is 2. The third-order valence-corrected chi connectivity index (χ3v) is 5.25. The van der Waals surface area contributed by atoms with Gasteiger partial charge in [0.1, 0.15) is 17.4 Å². The summed E-state index contributed by atoms with van der Waals surface area (Å²) in [5.74, 6) is 2.02. The summed E-state index contributed by atoms with van der Waals surface area (Å²) in [6.45, 7) is 2.33. The van der Waals surface area contributed by atoms with Gasteiger partial charge in [-0.05, 0) is 37.6 Å². The van der Waals surface area contributed by atoms with Gasteiger partial charge in [-0.3, -0.25) is 0 Å². The highest BCUT2D eigenvalue weighted by atomic mass is 32.2. The number of sulfonamides is 1. The lowest BCUT2D eigenvalue weighted by Gasteiger charge is -2.38. The molecule has 2 aromatic rings. The van der Waals surface area contributed by atoms with E-state index in [1.807, 2.05) is 24.3 Å². The first kappa shape index (κ1) is 16.7. The van der Waals surface area contributed by atoms with E-state index in [0.717, 1.165) is 23.6 Å². The Balaban J connectivity index is 1.83. The number of benzene rings is 1. The number of methoxy groups -OCH3 is 1. The molecular weight excluding hydrogens is 328 g/mol. The molecule has 128 valence electrons. The summed E-state index contributed by atoms with van der Waals surface area (Å²) in [5.41, 5.74) is 1.59. The normalized spacial score (nSPS) is 18.0. The standard InChI is InChI=1S/C16H20N4O3S/c1-11-17-14(15-8-9-20(15)24(3,21)22)10-16(18-11)19-12-4-6-13(23-2)7-5-12/h4-7,10,15H,8-9H2,1-3H3,(H,17,18,19). The van der Waals surface area contributed by atoms with Crippen LogP contribution in [0.4, 0.5) is 11.5 Å². The molecule has 2 heterocycles. The Kier molecular flexibility index (Phi) is 4.42. The van der Waals surface area contributed by atoms with Crippen molar-refractivity contribution in [3.8, 4) is 5.75 Å². The average molecular weight is 348 g/mol. The predicted octanol–water partition coefficient (Wildman–Crippen LogP) is 2.24. The zero-order valence-corrected chi connectivity index (χ0v) is 14.7. The summed E-state index contributed by atoms with van der Waals surface area (Å²) in [7, 11) is -1.60. The van der Waals surface area contributed by atoms with Crippen LogP contribution in [0.1, 0.15) is 24.0 Å². The number of aromatic nitrogens is 2. The molecule has 3 rings (SSSR count). The minimum Gasteiger partial charge on any atom is -0.497 e. The molecule has 0 spiro atoms. The van der Waals surface area contributed by atoms with Crippen molar-refractivity contribution in [2.75, 3.05) is 25.2 Å². The molecular formula is C16H20N4O3S. The molecule has 1 fully saturated rings. The lowest BCUT2D eigenvalue weighted by atomic mass is 10.0. The van der Waals surface area contributed by atoms with Gasteiger partial charge in [0.25, 0.3) is 0 Å². The maximum absolute atomic E-state index is 11.8. The number of hydrogen-bond donors (Lipinski definition) is 1. The zero-order chi connectivity index (χ0) is 17.3. The van der Waals surface area contributed by atoms with Gasteiger partial charge in [0.05, 0.1) is 25.1 Å². The van der Waals surface area contributed by atoms with E-state index < -0.39 is 10.0 Å². The molecule has 0 amide bonds.